The van der Waals surface area contributed by atoms with Gasteiger partial charge in [-0.25, -0.2) is 4.79 Å². The van der Waals surface area contributed by atoms with Crippen molar-refractivity contribution in [3.05, 3.63) is 17.5 Å². The van der Waals surface area contributed by atoms with Gasteiger partial charge in [0.05, 0.1) is 25.0 Å². The van der Waals surface area contributed by atoms with E-state index in [-0.39, 0.29) is 18.1 Å². The zero-order valence-corrected chi connectivity index (χ0v) is 12.9. The summed E-state index contributed by atoms with van der Waals surface area (Å²) in [7, 11) is 0. The zero-order chi connectivity index (χ0) is 15.9. The molecular formula is C15H20N4O4. The molecule has 2 saturated heterocycles. The third-order valence-electron chi connectivity index (χ3n) is 5.02. The quantitative estimate of drug-likeness (QED) is 0.844. The van der Waals surface area contributed by atoms with E-state index in [1.54, 1.807) is 0 Å². The van der Waals surface area contributed by atoms with Gasteiger partial charge in [0.25, 0.3) is 0 Å². The van der Waals surface area contributed by atoms with Gasteiger partial charge in [0.15, 0.2) is 0 Å². The van der Waals surface area contributed by atoms with E-state index in [9.17, 15) is 9.59 Å². The normalized spacial score (nSPS) is 23.0. The van der Waals surface area contributed by atoms with Crippen LogP contribution in [0.25, 0.3) is 0 Å². The zero-order valence-electron chi connectivity index (χ0n) is 12.9. The molecular weight excluding hydrogens is 300 g/mol. The molecule has 3 aliphatic rings. The number of aromatic amines is 1. The van der Waals surface area contributed by atoms with Gasteiger partial charge in [-0.05, 0) is 24.8 Å². The molecule has 1 aromatic rings. The number of amides is 2. The van der Waals surface area contributed by atoms with Gasteiger partial charge in [-0.15, -0.1) is 0 Å². The monoisotopic (exact) mass is 320 g/mol. The highest BCUT2D eigenvalue weighted by Gasteiger charge is 2.43. The number of fused-ring (bicyclic) bond motifs is 2. The SMILES string of the molecule is O=C(CN1CCOC1=O)N1CCC2(CC1)OCCc1cn[nH]c12. The van der Waals surface area contributed by atoms with E-state index in [1.165, 1.54) is 10.5 Å². The number of carbonyl (C=O) groups is 2. The minimum absolute atomic E-state index is 0.0284. The summed E-state index contributed by atoms with van der Waals surface area (Å²) >= 11 is 0. The van der Waals surface area contributed by atoms with Crippen molar-refractivity contribution in [1.82, 2.24) is 20.0 Å². The molecule has 1 aromatic heterocycles. The maximum Gasteiger partial charge on any atom is 0.410 e. The highest BCUT2D eigenvalue weighted by Crippen LogP contribution is 2.40. The molecule has 0 unspecified atom stereocenters. The lowest BCUT2D eigenvalue weighted by atomic mass is 9.84. The Kier molecular flexibility index (Phi) is 3.48. The van der Waals surface area contributed by atoms with E-state index in [4.69, 9.17) is 9.47 Å². The predicted molar refractivity (Wildman–Crippen MR) is 78.7 cm³/mol. The number of H-pyrrole nitrogens is 1. The van der Waals surface area contributed by atoms with Gasteiger partial charge in [0, 0.05) is 13.1 Å². The molecule has 1 N–H and O–H groups in total. The first-order valence-corrected chi connectivity index (χ1v) is 8.04. The third-order valence-corrected chi connectivity index (χ3v) is 5.02. The number of hydrogen-bond acceptors (Lipinski definition) is 5. The maximum absolute atomic E-state index is 12.4. The summed E-state index contributed by atoms with van der Waals surface area (Å²) in [6.45, 7) is 2.90. The van der Waals surface area contributed by atoms with Crippen molar-refractivity contribution in [2.45, 2.75) is 24.9 Å². The second kappa shape index (κ2) is 5.52. The van der Waals surface area contributed by atoms with Crippen LogP contribution in [0.5, 0.6) is 0 Å². The molecule has 0 saturated carbocycles. The van der Waals surface area contributed by atoms with Gasteiger partial charge in [-0.3, -0.25) is 14.8 Å². The second-order valence-corrected chi connectivity index (χ2v) is 6.28. The summed E-state index contributed by atoms with van der Waals surface area (Å²) in [6, 6.07) is 0. The number of piperidine rings is 1. The van der Waals surface area contributed by atoms with Gasteiger partial charge in [-0.1, -0.05) is 0 Å². The number of aromatic nitrogens is 2. The number of rotatable bonds is 2. The van der Waals surface area contributed by atoms with Crippen LogP contribution in [0.1, 0.15) is 24.1 Å². The first kappa shape index (κ1) is 14.5. The van der Waals surface area contributed by atoms with E-state index >= 15 is 0 Å². The number of likely N-dealkylation sites (tertiary alicyclic amines) is 1. The Morgan fingerprint density at radius 1 is 1.30 bits per heavy atom. The maximum atomic E-state index is 12.4. The minimum atomic E-state index is -0.399. The number of nitrogens with one attached hydrogen (secondary N) is 1. The summed E-state index contributed by atoms with van der Waals surface area (Å²) in [5.74, 6) is -0.0284. The lowest BCUT2D eigenvalue weighted by Crippen LogP contribution is -2.50. The molecule has 1 spiro atoms. The van der Waals surface area contributed by atoms with Gasteiger partial charge in [-0.2, -0.15) is 5.10 Å². The van der Waals surface area contributed by atoms with Gasteiger partial charge in [0.2, 0.25) is 5.91 Å². The van der Waals surface area contributed by atoms with Crippen molar-refractivity contribution < 1.29 is 19.1 Å². The number of ether oxygens (including phenoxy) is 2. The van der Waals surface area contributed by atoms with Crippen LogP contribution in [-0.2, 0) is 26.3 Å². The largest absolute Gasteiger partial charge is 0.448 e. The van der Waals surface area contributed by atoms with E-state index in [0.29, 0.717) is 32.8 Å². The summed E-state index contributed by atoms with van der Waals surface area (Å²) in [5, 5.41) is 7.22. The van der Waals surface area contributed by atoms with Crippen LogP contribution in [0.3, 0.4) is 0 Å². The van der Waals surface area contributed by atoms with Crippen LogP contribution in [0.15, 0.2) is 6.20 Å². The molecule has 124 valence electrons. The molecule has 2 fully saturated rings. The Morgan fingerprint density at radius 3 is 2.87 bits per heavy atom. The van der Waals surface area contributed by atoms with E-state index in [1.807, 2.05) is 11.1 Å². The van der Waals surface area contributed by atoms with Crippen LogP contribution in [0, 0.1) is 0 Å². The van der Waals surface area contributed by atoms with E-state index < -0.39 is 6.09 Å². The molecule has 4 heterocycles. The van der Waals surface area contributed by atoms with Crippen molar-refractivity contribution in [3.63, 3.8) is 0 Å². The van der Waals surface area contributed by atoms with Gasteiger partial charge in [0.1, 0.15) is 18.8 Å². The number of hydrogen-bond donors (Lipinski definition) is 1. The first-order chi connectivity index (χ1) is 11.2. The molecule has 0 aromatic carbocycles. The Bertz CT molecular complexity index is 621. The van der Waals surface area contributed by atoms with E-state index in [2.05, 4.69) is 10.2 Å². The molecule has 0 radical (unpaired) electrons. The molecule has 3 aliphatic heterocycles. The summed E-state index contributed by atoms with van der Waals surface area (Å²) < 4.78 is 10.9. The molecule has 4 rings (SSSR count). The second-order valence-electron chi connectivity index (χ2n) is 6.28. The van der Waals surface area contributed by atoms with Crippen LogP contribution < -0.4 is 0 Å². The molecule has 8 heteroatoms. The van der Waals surface area contributed by atoms with Crippen molar-refractivity contribution in [2.75, 3.05) is 39.4 Å². The number of carbonyl (C=O) groups excluding carboxylic acids is 2. The Labute approximate surface area is 133 Å². The minimum Gasteiger partial charge on any atom is -0.448 e. The molecule has 8 nitrogen and oxygen atoms in total. The van der Waals surface area contributed by atoms with Crippen LogP contribution in [0.2, 0.25) is 0 Å². The summed E-state index contributed by atoms with van der Waals surface area (Å²) in [4.78, 5) is 27.1. The van der Waals surface area contributed by atoms with Crippen molar-refractivity contribution in [2.24, 2.45) is 0 Å². The lowest BCUT2D eigenvalue weighted by Gasteiger charge is -2.43. The molecule has 0 atom stereocenters. The Balaban J connectivity index is 1.40. The topological polar surface area (TPSA) is 87.8 Å². The van der Waals surface area contributed by atoms with Crippen molar-refractivity contribution >= 4 is 12.0 Å². The predicted octanol–water partition coefficient (Wildman–Crippen LogP) is 0.252. The highest BCUT2D eigenvalue weighted by atomic mass is 16.6. The average Bonchev–Trinajstić information content (AvgIpc) is 3.19. The lowest BCUT2D eigenvalue weighted by molar-refractivity contribution is -0.141. The average molecular weight is 320 g/mol. The first-order valence-electron chi connectivity index (χ1n) is 8.04. The van der Waals surface area contributed by atoms with Gasteiger partial charge >= 0.3 is 6.09 Å². The summed E-state index contributed by atoms with van der Waals surface area (Å²) in [5.41, 5.74) is 1.95. The third kappa shape index (κ3) is 2.46. The molecule has 23 heavy (non-hydrogen) atoms. The van der Waals surface area contributed by atoms with Crippen LogP contribution >= 0.6 is 0 Å². The Hall–Kier alpha value is -2.09. The van der Waals surface area contributed by atoms with Crippen LogP contribution in [0.4, 0.5) is 4.79 Å². The van der Waals surface area contributed by atoms with E-state index in [0.717, 1.165) is 25.0 Å². The smallest absolute Gasteiger partial charge is 0.410 e. The fourth-order valence-corrected chi connectivity index (χ4v) is 3.67. The number of cyclic esters (lactones) is 1. The molecule has 0 bridgehead atoms. The van der Waals surface area contributed by atoms with Crippen molar-refractivity contribution in [3.8, 4) is 0 Å². The molecule has 0 aliphatic carbocycles. The fourth-order valence-electron chi connectivity index (χ4n) is 3.67. The standard InChI is InChI=1S/C15H20N4O4/c20-12(10-19-6-8-22-14(19)21)18-4-2-15(3-5-18)13-11(1-7-23-15)9-16-17-13/h9H,1-8,10H2,(H,16,17). The fraction of sp³-hybridized carbons (Fsp3) is 0.667. The van der Waals surface area contributed by atoms with Crippen molar-refractivity contribution in [1.29, 1.82) is 0 Å². The highest BCUT2D eigenvalue weighted by molar-refractivity contribution is 5.83. The molecule has 2 amide bonds. The Morgan fingerprint density at radius 2 is 2.13 bits per heavy atom. The number of nitrogens with zero attached hydrogens (tertiary/aromatic N) is 3. The van der Waals surface area contributed by atoms with Gasteiger partial charge < -0.3 is 14.4 Å². The summed E-state index contributed by atoms with van der Waals surface area (Å²) in [6.07, 6.45) is 3.85. The van der Waals surface area contributed by atoms with Crippen LogP contribution in [-0.4, -0.2) is 71.4 Å².